The van der Waals surface area contributed by atoms with E-state index >= 15 is 0 Å². The molecule has 1 aromatic rings. The third-order valence-electron chi connectivity index (χ3n) is 4.51. The summed E-state index contributed by atoms with van der Waals surface area (Å²) in [5.41, 5.74) is 0. The van der Waals surface area contributed by atoms with Crippen LogP contribution < -0.4 is 10.6 Å². The molecule has 6 nitrogen and oxygen atoms in total. The predicted molar refractivity (Wildman–Crippen MR) is 98.7 cm³/mol. The fourth-order valence-electron chi connectivity index (χ4n) is 2.92. The Labute approximate surface area is 149 Å². The first-order valence-corrected chi connectivity index (χ1v) is 8.11. The Kier molecular flexibility index (Phi) is 6.05. The molecule has 0 radical (unpaired) electrons. The van der Waals surface area contributed by atoms with Gasteiger partial charge in [0.1, 0.15) is 11.6 Å². The Bertz CT molecular complexity index is 526. The molecule has 3 rings (SSSR count). The van der Waals surface area contributed by atoms with Gasteiger partial charge < -0.3 is 15.2 Å². The van der Waals surface area contributed by atoms with Crippen molar-refractivity contribution >= 4 is 29.9 Å². The van der Waals surface area contributed by atoms with Crippen LogP contribution in [-0.2, 0) is 13.0 Å². The highest BCUT2D eigenvalue weighted by molar-refractivity contribution is 14.0. The van der Waals surface area contributed by atoms with E-state index in [0.29, 0.717) is 12.0 Å². The molecule has 124 valence electrons. The van der Waals surface area contributed by atoms with Crippen LogP contribution in [0.2, 0.25) is 0 Å². The lowest BCUT2D eigenvalue weighted by Gasteiger charge is -2.23. The second kappa shape index (κ2) is 7.61. The molecule has 1 aliphatic heterocycles. The summed E-state index contributed by atoms with van der Waals surface area (Å²) in [6.45, 7) is 9.19. The van der Waals surface area contributed by atoms with E-state index in [0.717, 1.165) is 56.0 Å². The van der Waals surface area contributed by atoms with Gasteiger partial charge >= 0.3 is 0 Å². The van der Waals surface area contributed by atoms with Crippen molar-refractivity contribution in [3.8, 4) is 0 Å². The second-order valence-corrected chi connectivity index (χ2v) is 6.36. The highest BCUT2D eigenvalue weighted by Gasteiger charge is 2.33. The van der Waals surface area contributed by atoms with Crippen LogP contribution in [0.1, 0.15) is 38.3 Å². The van der Waals surface area contributed by atoms with Gasteiger partial charge in [-0.3, -0.25) is 4.99 Å². The number of hydrogen-bond acceptors (Lipinski definition) is 3. The summed E-state index contributed by atoms with van der Waals surface area (Å²) in [7, 11) is 0. The van der Waals surface area contributed by atoms with Crippen LogP contribution in [0, 0.1) is 18.8 Å². The summed E-state index contributed by atoms with van der Waals surface area (Å²) in [6.07, 6.45) is 3.43. The molecule has 0 spiro atoms. The quantitative estimate of drug-likeness (QED) is 0.444. The molecule has 3 unspecified atom stereocenters. The molecular formula is C15H27IN6. The molecule has 1 aromatic heterocycles. The van der Waals surface area contributed by atoms with Gasteiger partial charge in [0.15, 0.2) is 5.96 Å². The number of aliphatic imine (C=N–C) groups is 1. The summed E-state index contributed by atoms with van der Waals surface area (Å²) in [4.78, 5) is 4.78. The van der Waals surface area contributed by atoms with Crippen molar-refractivity contribution in [1.29, 1.82) is 0 Å². The lowest BCUT2D eigenvalue weighted by atomic mass is 9.99. The zero-order chi connectivity index (χ0) is 14.8. The summed E-state index contributed by atoms with van der Waals surface area (Å²) in [5, 5.41) is 15.3. The zero-order valence-electron chi connectivity index (χ0n) is 13.7. The first-order chi connectivity index (χ1) is 10.2. The molecule has 2 heterocycles. The van der Waals surface area contributed by atoms with E-state index in [9.17, 15) is 0 Å². The van der Waals surface area contributed by atoms with E-state index in [2.05, 4.69) is 39.2 Å². The van der Waals surface area contributed by atoms with Crippen LogP contribution in [0.5, 0.6) is 0 Å². The highest BCUT2D eigenvalue weighted by atomic mass is 127. The number of guanidine groups is 1. The van der Waals surface area contributed by atoms with Crippen molar-refractivity contribution in [3.63, 3.8) is 0 Å². The predicted octanol–water partition coefficient (Wildman–Crippen LogP) is 1.73. The van der Waals surface area contributed by atoms with E-state index in [1.807, 2.05) is 6.92 Å². The fourth-order valence-corrected chi connectivity index (χ4v) is 2.92. The van der Waals surface area contributed by atoms with Gasteiger partial charge in [0.05, 0.1) is 0 Å². The maximum atomic E-state index is 4.78. The van der Waals surface area contributed by atoms with Gasteiger partial charge in [-0.05, 0) is 38.5 Å². The third kappa shape index (κ3) is 4.11. The summed E-state index contributed by atoms with van der Waals surface area (Å²) in [6, 6.07) is 0.612. The van der Waals surface area contributed by atoms with E-state index in [1.54, 1.807) is 0 Å². The number of fused-ring (bicyclic) bond motifs is 1. The van der Waals surface area contributed by atoms with Crippen molar-refractivity contribution in [2.24, 2.45) is 16.8 Å². The molecule has 1 fully saturated rings. The first kappa shape index (κ1) is 17.5. The molecule has 1 saturated carbocycles. The van der Waals surface area contributed by atoms with Crippen LogP contribution >= 0.6 is 24.0 Å². The van der Waals surface area contributed by atoms with Gasteiger partial charge in [-0.1, -0.05) is 6.92 Å². The normalized spacial score (nSPS) is 26.9. The Morgan fingerprint density at radius 1 is 1.41 bits per heavy atom. The van der Waals surface area contributed by atoms with Crippen LogP contribution in [0.4, 0.5) is 0 Å². The number of halogens is 1. The molecule has 0 amide bonds. The molecular weight excluding hydrogens is 391 g/mol. The SMILES string of the molecule is CCNC(=NCC1CCc2nnc(C)n2C1)NC1CC1C.I. The average Bonchev–Trinajstić information content (AvgIpc) is 3.04. The molecule has 2 N–H and O–H groups in total. The van der Waals surface area contributed by atoms with Crippen LogP contribution in [0.3, 0.4) is 0 Å². The van der Waals surface area contributed by atoms with Crippen LogP contribution in [0.15, 0.2) is 4.99 Å². The molecule has 0 aromatic carbocycles. The molecule has 0 saturated heterocycles. The molecule has 3 atom stereocenters. The van der Waals surface area contributed by atoms with Gasteiger partial charge in [-0.25, -0.2) is 0 Å². The Morgan fingerprint density at radius 3 is 2.86 bits per heavy atom. The van der Waals surface area contributed by atoms with Crippen molar-refractivity contribution in [2.45, 2.75) is 52.6 Å². The Morgan fingerprint density at radius 2 is 2.18 bits per heavy atom. The van der Waals surface area contributed by atoms with Crippen LogP contribution in [0.25, 0.3) is 0 Å². The molecule has 2 aliphatic rings. The van der Waals surface area contributed by atoms with Gasteiger partial charge in [0.25, 0.3) is 0 Å². The molecule has 7 heteroatoms. The van der Waals surface area contributed by atoms with Crippen molar-refractivity contribution in [3.05, 3.63) is 11.6 Å². The number of aryl methyl sites for hydroxylation is 2. The topological polar surface area (TPSA) is 67.1 Å². The lowest BCUT2D eigenvalue weighted by molar-refractivity contribution is 0.369. The maximum absolute atomic E-state index is 4.78. The van der Waals surface area contributed by atoms with Gasteiger partial charge in [-0.2, -0.15) is 0 Å². The first-order valence-electron chi connectivity index (χ1n) is 8.11. The van der Waals surface area contributed by atoms with Crippen molar-refractivity contribution in [1.82, 2.24) is 25.4 Å². The average molecular weight is 418 g/mol. The molecule has 1 aliphatic carbocycles. The minimum atomic E-state index is 0. The fraction of sp³-hybridized carbons (Fsp3) is 0.800. The van der Waals surface area contributed by atoms with Gasteiger partial charge in [0, 0.05) is 32.1 Å². The molecule has 0 bridgehead atoms. The summed E-state index contributed by atoms with van der Waals surface area (Å²) >= 11 is 0. The molecule has 22 heavy (non-hydrogen) atoms. The minimum absolute atomic E-state index is 0. The standard InChI is InChI=1S/C15H26N6.HI/c1-4-16-15(18-13-7-10(13)2)17-8-12-5-6-14-20-19-11(3)21(14)9-12;/h10,12-13H,4-9H2,1-3H3,(H2,16,17,18);1H. The van der Waals surface area contributed by atoms with E-state index in [1.165, 1.54) is 6.42 Å². The minimum Gasteiger partial charge on any atom is -0.357 e. The largest absolute Gasteiger partial charge is 0.357 e. The smallest absolute Gasteiger partial charge is 0.191 e. The van der Waals surface area contributed by atoms with Gasteiger partial charge in [0.2, 0.25) is 0 Å². The number of nitrogens with zero attached hydrogens (tertiary/aromatic N) is 4. The number of rotatable bonds is 4. The monoisotopic (exact) mass is 418 g/mol. The van der Waals surface area contributed by atoms with Gasteiger partial charge in [-0.15, -0.1) is 34.2 Å². The Balaban J connectivity index is 0.00000176. The third-order valence-corrected chi connectivity index (χ3v) is 4.51. The number of aromatic nitrogens is 3. The van der Waals surface area contributed by atoms with E-state index in [-0.39, 0.29) is 24.0 Å². The number of hydrogen-bond donors (Lipinski definition) is 2. The highest BCUT2D eigenvalue weighted by Crippen LogP contribution is 2.28. The Hall–Kier alpha value is -0.860. The maximum Gasteiger partial charge on any atom is 0.191 e. The summed E-state index contributed by atoms with van der Waals surface area (Å²) in [5.74, 6) is 4.49. The van der Waals surface area contributed by atoms with E-state index in [4.69, 9.17) is 4.99 Å². The summed E-state index contributed by atoms with van der Waals surface area (Å²) < 4.78 is 2.24. The van der Waals surface area contributed by atoms with Crippen molar-refractivity contribution < 1.29 is 0 Å². The van der Waals surface area contributed by atoms with Crippen LogP contribution in [-0.4, -0.2) is 39.9 Å². The second-order valence-electron chi connectivity index (χ2n) is 6.36. The zero-order valence-corrected chi connectivity index (χ0v) is 16.0. The number of nitrogens with one attached hydrogen (secondary N) is 2. The lowest BCUT2D eigenvalue weighted by Crippen LogP contribution is -2.39. The van der Waals surface area contributed by atoms with Crippen molar-refractivity contribution in [2.75, 3.05) is 13.1 Å². The van der Waals surface area contributed by atoms with E-state index < -0.39 is 0 Å².